The summed E-state index contributed by atoms with van der Waals surface area (Å²) in [6.07, 6.45) is 1.49. The Kier molecular flexibility index (Phi) is 4.05. The lowest BCUT2D eigenvalue weighted by molar-refractivity contribution is -0.386. The van der Waals surface area contributed by atoms with Crippen LogP contribution < -0.4 is 4.74 Å². The van der Waals surface area contributed by atoms with Crippen molar-refractivity contribution in [1.29, 1.82) is 0 Å². The topological polar surface area (TPSA) is 78.4 Å². The summed E-state index contributed by atoms with van der Waals surface area (Å²) in [6.45, 7) is 1.89. The van der Waals surface area contributed by atoms with Crippen LogP contribution in [0.2, 0.25) is 0 Å². The highest BCUT2D eigenvalue weighted by atomic mass is 16.6. The van der Waals surface area contributed by atoms with Gasteiger partial charge in [-0.15, -0.1) is 0 Å². The van der Waals surface area contributed by atoms with Crippen molar-refractivity contribution in [3.63, 3.8) is 0 Å². The Labute approximate surface area is 132 Å². The lowest BCUT2D eigenvalue weighted by Crippen LogP contribution is -1.99. The smallest absolute Gasteiger partial charge is 0.311 e. The Bertz CT molecular complexity index is 828. The zero-order chi connectivity index (χ0) is 16.2. The molecule has 6 nitrogen and oxygen atoms in total. The number of nitrogens with zero attached hydrogens (tertiary/aromatic N) is 2. The zero-order valence-electron chi connectivity index (χ0n) is 12.4. The quantitative estimate of drug-likeness (QED) is 0.523. The maximum Gasteiger partial charge on any atom is 0.311 e. The first-order chi connectivity index (χ1) is 11.1. The van der Waals surface area contributed by atoms with Gasteiger partial charge in [-0.2, -0.15) is 0 Å². The number of oxazole rings is 1. The number of hydrogen-bond donors (Lipinski definition) is 0. The van der Waals surface area contributed by atoms with Crippen molar-refractivity contribution in [2.45, 2.75) is 13.5 Å². The Morgan fingerprint density at radius 2 is 2.00 bits per heavy atom. The molecule has 0 N–H and O–H groups in total. The molecule has 3 rings (SSSR count). The maximum atomic E-state index is 11.1. The Morgan fingerprint density at radius 1 is 1.22 bits per heavy atom. The van der Waals surface area contributed by atoms with Crippen LogP contribution in [0, 0.1) is 17.0 Å². The van der Waals surface area contributed by atoms with Gasteiger partial charge >= 0.3 is 5.69 Å². The third kappa shape index (κ3) is 3.37. The number of benzene rings is 2. The number of ether oxygens (including phenoxy) is 1. The molecule has 0 fully saturated rings. The summed E-state index contributed by atoms with van der Waals surface area (Å²) in [5.74, 6) is 0.701. The van der Waals surface area contributed by atoms with Crippen molar-refractivity contribution in [3.8, 4) is 17.2 Å². The standard InChI is InChI=1S/C17H14N2O4/c1-12-7-8-16(15(9-12)19(20)21)22-10-14-11-23-17(18-14)13-5-3-2-4-6-13/h2-9,11H,10H2,1H3. The zero-order valence-corrected chi connectivity index (χ0v) is 12.4. The van der Waals surface area contributed by atoms with E-state index in [1.807, 2.05) is 30.3 Å². The maximum absolute atomic E-state index is 11.1. The fraction of sp³-hybridized carbons (Fsp3) is 0.118. The van der Waals surface area contributed by atoms with Crippen molar-refractivity contribution < 1.29 is 14.1 Å². The number of aryl methyl sites for hydroxylation is 1. The van der Waals surface area contributed by atoms with Gasteiger partial charge < -0.3 is 9.15 Å². The van der Waals surface area contributed by atoms with Crippen LogP contribution in [-0.2, 0) is 6.61 Å². The number of hydrogen-bond acceptors (Lipinski definition) is 5. The van der Waals surface area contributed by atoms with E-state index in [2.05, 4.69) is 4.98 Å². The molecule has 0 aliphatic carbocycles. The molecule has 3 aromatic rings. The predicted octanol–water partition coefficient (Wildman–Crippen LogP) is 4.14. The monoisotopic (exact) mass is 310 g/mol. The van der Waals surface area contributed by atoms with Crippen LogP contribution in [0.15, 0.2) is 59.2 Å². The van der Waals surface area contributed by atoms with E-state index in [1.54, 1.807) is 19.1 Å². The summed E-state index contributed by atoms with van der Waals surface area (Å²) in [7, 11) is 0. The van der Waals surface area contributed by atoms with E-state index in [4.69, 9.17) is 9.15 Å². The largest absolute Gasteiger partial charge is 0.480 e. The molecule has 0 amide bonds. The molecule has 2 aromatic carbocycles. The van der Waals surface area contributed by atoms with Crippen molar-refractivity contribution in [1.82, 2.24) is 4.98 Å². The lowest BCUT2D eigenvalue weighted by atomic mass is 10.2. The summed E-state index contributed by atoms with van der Waals surface area (Å²) < 4.78 is 10.9. The van der Waals surface area contributed by atoms with Gasteiger partial charge in [-0.25, -0.2) is 4.98 Å². The molecule has 0 bridgehead atoms. The minimum atomic E-state index is -0.458. The minimum absolute atomic E-state index is 0.0585. The number of rotatable bonds is 5. The van der Waals surface area contributed by atoms with Gasteiger partial charge in [0.25, 0.3) is 0 Å². The first-order valence-electron chi connectivity index (χ1n) is 7.01. The normalized spacial score (nSPS) is 10.5. The van der Waals surface area contributed by atoms with E-state index < -0.39 is 4.92 Å². The van der Waals surface area contributed by atoms with Gasteiger partial charge in [0.05, 0.1) is 4.92 Å². The molecule has 1 heterocycles. The Morgan fingerprint density at radius 3 is 2.74 bits per heavy atom. The fourth-order valence-corrected chi connectivity index (χ4v) is 2.13. The summed E-state index contributed by atoms with van der Waals surface area (Å²) in [4.78, 5) is 14.9. The Balaban J connectivity index is 1.75. The highest BCUT2D eigenvalue weighted by Gasteiger charge is 2.16. The van der Waals surface area contributed by atoms with Gasteiger partial charge in [-0.3, -0.25) is 10.1 Å². The van der Waals surface area contributed by atoms with E-state index in [-0.39, 0.29) is 18.0 Å². The summed E-state index contributed by atoms with van der Waals surface area (Å²) in [6, 6.07) is 14.3. The molecule has 116 valence electrons. The van der Waals surface area contributed by atoms with Crippen LogP contribution in [0.4, 0.5) is 5.69 Å². The molecule has 0 saturated carbocycles. The third-order valence-corrected chi connectivity index (χ3v) is 3.26. The van der Waals surface area contributed by atoms with Gasteiger partial charge in [0.15, 0.2) is 5.75 Å². The highest BCUT2D eigenvalue weighted by Crippen LogP contribution is 2.28. The van der Waals surface area contributed by atoms with Crippen LogP contribution in [0.5, 0.6) is 5.75 Å². The van der Waals surface area contributed by atoms with Gasteiger partial charge in [0.1, 0.15) is 18.6 Å². The molecule has 6 heteroatoms. The average Bonchev–Trinajstić information content (AvgIpc) is 3.03. The predicted molar refractivity (Wildman–Crippen MR) is 84.1 cm³/mol. The van der Waals surface area contributed by atoms with Crippen molar-refractivity contribution >= 4 is 5.69 Å². The molecular formula is C17H14N2O4. The Hall–Kier alpha value is -3.15. The highest BCUT2D eigenvalue weighted by molar-refractivity contribution is 5.52. The number of nitro groups is 1. The van der Waals surface area contributed by atoms with Crippen LogP contribution in [0.25, 0.3) is 11.5 Å². The average molecular weight is 310 g/mol. The SMILES string of the molecule is Cc1ccc(OCc2coc(-c3ccccc3)n2)c([N+](=O)[O-])c1. The van der Waals surface area contributed by atoms with Crippen molar-refractivity contribution in [3.05, 3.63) is 76.2 Å². The van der Waals surface area contributed by atoms with Gasteiger partial charge in [-0.1, -0.05) is 24.3 Å². The molecular weight excluding hydrogens is 296 g/mol. The van der Waals surface area contributed by atoms with E-state index in [0.29, 0.717) is 11.6 Å². The van der Waals surface area contributed by atoms with Crippen LogP contribution in [0.1, 0.15) is 11.3 Å². The molecule has 0 spiro atoms. The molecule has 23 heavy (non-hydrogen) atoms. The van der Waals surface area contributed by atoms with Gasteiger partial charge in [0, 0.05) is 11.6 Å². The lowest BCUT2D eigenvalue weighted by Gasteiger charge is -2.05. The van der Waals surface area contributed by atoms with Crippen LogP contribution in [0.3, 0.4) is 0 Å². The van der Waals surface area contributed by atoms with Crippen LogP contribution >= 0.6 is 0 Å². The molecule has 0 aliphatic rings. The van der Waals surface area contributed by atoms with Gasteiger partial charge in [-0.05, 0) is 30.7 Å². The van der Waals surface area contributed by atoms with E-state index >= 15 is 0 Å². The van der Waals surface area contributed by atoms with E-state index in [9.17, 15) is 10.1 Å². The molecule has 1 aromatic heterocycles. The van der Waals surface area contributed by atoms with E-state index in [1.165, 1.54) is 12.3 Å². The van der Waals surface area contributed by atoms with Crippen LogP contribution in [-0.4, -0.2) is 9.91 Å². The summed E-state index contributed by atoms with van der Waals surface area (Å²) in [5, 5.41) is 11.1. The molecule has 0 atom stereocenters. The molecule has 0 unspecified atom stereocenters. The molecule has 0 saturated heterocycles. The first-order valence-corrected chi connectivity index (χ1v) is 7.01. The number of aromatic nitrogens is 1. The molecule has 0 radical (unpaired) electrons. The van der Waals surface area contributed by atoms with Crippen molar-refractivity contribution in [2.75, 3.05) is 0 Å². The summed E-state index contributed by atoms with van der Waals surface area (Å²) in [5.41, 5.74) is 2.17. The second-order valence-corrected chi connectivity index (χ2v) is 5.03. The second-order valence-electron chi connectivity index (χ2n) is 5.03. The summed E-state index contributed by atoms with van der Waals surface area (Å²) >= 11 is 0. The van der Waals surface area contributed by atoms with Gasteiger partial charge in [0.2, 0.25) is 5.89 Å². The van der Waals surface area contributed by atoms with E-state index in [0.717, 1.165) is 11.1 Å². The van der Waals surface area contributed by atoms with Crippen molar-refractivity contribution in [2.24, 2.45) is 0 Å². The second kappa shape index (κ2) is 6.31. The first kappa shape index (κ1) is 14.8. The third-order valence-electron chi connectivity index (χ3n) is 3.26. The molecule has 0 aliphatic heterocycles. The fourth-order valence-electron chi connectivity index (χ4n) is 2.13. The minimum Gasteiger partial charge on any atom is -0.480 e. The number of nitro benzene ring substituents is 1.